The zero-order chi connectivity index (χ0) is 25.5. The fourth-order valence-electron chi connectivity index (χ4n) is 3.39. The molecular formula is C28H46I2OsP+. The third kappa shape index (κ3) is 11.6. The van der Waals surface area contributed by atoms with Gasteiger partial charge in [-0.05, 0) is 51.3 Å². The molecule has 0 N–H and O–H groups in total. The Bertz CT molecular complexity index is 785. The Hall–Kier alpha value is 0.966. The minimum atomic E-state index is 0.205. The van der Waals surface area contributed by atoms with Gasteiger partial charge < -0.3 is 0 Å². The van der Waals surface area contributed by atoms with Crippen molar-refractivity contribution in [3.63, 3.8) is 0 Å². The van der Waals surface area contributed by atoms with Crippen LogP contribution in [0.5, 0.6) is 0 Å². The Morgan fingerprint density at radius 1 is 0.719 bits per heavy atom. The first kappa shape index (κ1) is 33.0. The molecule has 0 saturated heterocycles. The van der Waals surface area contributed by atoms with Crippen LogP contribution in [0.4, 0.5) is 0 Å². The third-order valence-electron chi connectivity index (χ3n) is 5.48. The molecule has 1 atom stereocenters. The molecule has 184 valence electrons. The molecule has 0 aliphatic rings. The topological polar surface area (TPSA) is 0 Å². The fourth-order valence-corrected chi connectivity index (χ4v) is 4.66. The van der Waals surface area contributed by atoms with Crippen LogP contribution < -0.4 is 5.30 Å². The van der Waals surface area contributed by atoms with E-state index in [2.05, 4.69) is 168 Å². The maximum absolute atomic E-state index is 2.43. The first-order valence-electron chi connectivity index (χ1n) is 11.3. The van der Waals surface area contributed by atoms with Crippen molar-refractivity contribution in [1.29, 1.82) is 0 Å². The molecule has 0 heterocycles. The quantitative estimate of drug-likeness (QED) is 0.198. The van der Waals surface area contributed by atoms with E-state index in [1.807, 2.05) is 0 Å². The summed E-state index contributed by atoms with van der Waals surface area (Å²) in [5, 5.41) is 1.49. The first-order valence-corrected chi connectivity index (χ1v) is 26.4. The minimum absolute atomic E-state index is 0.205. The molecule has 0 radical (unpaired) electrons. The van der Waals surface area contributed by atoms with E-state index in [0.717, 1.165) is 0 Å². The van der Waals surface area contributed by atoms with E-state index in [-0.39, 0.29) is 16.2 Å². The van der Waals surface area contributed by atoms with Crippen LogP contribution in [-0.4, -0.2) is 0 Å². The van der Waals surface area contributed by atoms with Crippen LogP contribution in [0.1, 0.15) is 110 Å². The van der Waals surface area contributed by atoms with Gasteiger partial charge in [0.05, 0.1) is 5.30 Å². The molecule has 2 aromatic rings. The first-order chi connectivity index (χ1) is 14.4. The normalized spacial score (nSPS) is 12.2. The van der Waals surface area contributed by atoms with Crippen molar-refractivity contribution in [2.24, 2.45) is 0 Å². The van der Waals surface area contributed by atoms with Gasteiger partial charge in [0.15, 0.2) is 0 Å². The van der Waals surface area contributed by atoms with Crippen LogP contribution in [0.15, 0.2) is 36.4 Å². The van der Waals surface area contributed by atoms with Crippen LogP contribution >= 0.6 is 48.6 Å². The summed E-state index contributed by atoms with van der Waals surface area (Å²) in [5.41, 5.74) is 7.84. The van der Waals surface area contributed by atoms with E-state index < -0.39 is 0 Å². The van der Waals surface area contributed by atoms with Crippen LogP contribution in [0.25, 0.3) is 0 Å². The number of halogens is 2. The average molecular weight is 858 g/mol. The predicted octanol–water partition coefficient (Wildman–Crippen LogP) is 9.70. The van der Waals surface area contributed by atoms with Crippen molar-refractivity contribution in [3.8, 4) is 0 Å². The molecule has 1 unspecified atom stereocenters. The van der Waals surface area contributed by atoms with Crippen LogP contribution in [0.3, 0.4) is 0 Å². The molecular weight excluding hydrogens is 811 g/mol. The van der Waals surface area contributed by atoms with Crippen LogP contribution in [-0.2, 0) is 26.6 Å². The van der Waals surface area contributed by atoms with Gasteiger partial charge in [-0.15, -0.1) is 0 Å². The van der Waals surface area contributed by atoms with Crippen molar-refractivity contribution in [3.05, 3.63) is 64.2 Å². The van der Waals surface area contributed by atoms with Gasteiger partial charge in [-0.25, -0.2) is 0 Å². The number of benzene rings is 2. The number of aryl methyl sites for hydroxylation is 1. The van der Waals surface area contributed by atoms with Gasteiger partial charge in [0.25, 0.3) is 0 Å². The molecule has 0 fully saturated rings. The zero-order valence-corrected chi connectivity index (χ0v) is 30.6. The van der Waals surface area contributed by atoms with Gasteiger partial charge in [0.1, 0.15) is 0 Å². The molecule has 0 nitrogen and oxygen atoms in total. The Kier molecular flexibility index (Phi) is 14.3. The van der Waals surface area contributed by atoms with Gasteiger partial charge in [-0.1, -0.05) is 118 Å². The summed E-state index contributed by atoms with van der Waals surface area (Å²) in [5.74, 6) is 0.653. The number of rotatable bonds is 1. The van der Waals surface area contributed by atoms with Crippen molar-refractivity contribution >= 4 is 53.9 Å². The average Bonchev–Trinajstić information content (AvgIpc) is 2.60. The van der Waals surface area contributed by atoms with Gasteiger partial charge >= 0.3 is 49.7 Å². The summed E-state index contributed by atoms with van der Waals surface area (Å²) in [6, 6.07) is 13.6. The molecule has 2 rings (SSSR count). The molecule has 0 aliphatic carbocycles. The Morgan fingerprint density at radius 3 is 1.31 bits per heavy atom. The SMILES string of the molecule is CC(C)(C)c1cc(C(C)(C)C)c([PH3+])c(C(C)(C)C)c1.Cc1ccc(C(C)C)cc1.[I][Os][I]. The van der Waals surface area contributed by atoms with E-state index in [0.29, 0.717) is 16.2 Å². The van der Waals surface area contributed by atoms with E-state index in [1.165, 1.54) is 33.1 Å². The summed E-state index contributed by atoms with van der Waals surface area (Å²) >= 11 is 4.83. The predicted molar refractivity (Wildman–Crippen MR) is 167 cm³/mol. The van der Waals surface area contributed by atoms with Crippen molar-refractivity contribution in [1.82, 2.24) is 0 Å². The Balaban J connectivity index is 0.000000615. The van der Waals surface area contributed by atoms with Crippen LogP contribution in [0.2, 0.25) is 0 Å². The van der Waals surface area contributed by atoms with Gasteiger partial charge in [-0.2, -0.15) is 0 Å². The Labute approximate surface area is 231 Å². The fraction of sp³-hybridized carbons (Fsp3) is 0.571. The van der Waals surface area contributed by atoms with Gasteiger partial charge in [-0.3, -0.25) is 0 Å². The molecule has 0 aromatic heterocycles. The second kappa shape index (κ2) is 13.9. The van der Waals surface area contributed by atoms with E-state index >= 15 is 0 Å². The molecule has 0 spiro atoms. The summed E-state index contributed by atoms with van der Waals surface area (Å²) in [6.07, 6.45) is 0. The summed E-state index contributed by atoms with van der Waals surface area (Å²) in [4.78, 5) is 0. The molecule has 0 saturated carbocycles. The van der Waals surface area contributed by atoms with E-state index in [4.69, 9.17) is 0 Å². The summed E-state index contributed by atoms with van der Waals surface area (Å²) in [7, 11) is 2.41. The monoisotopic (exact) mass is 859 g/mol. The van der Waals surface area contributed by atoms with Crippen molar-refractivity contribution in [2.75, 3.05) is 0 Å². The third-order valence-corrected chi connectivity index (χ3v) is 6.24. The molecule has 4 heteroatoms. The van der Waals surface area contributed by atoms with Gasteiger partial charge in [0.2, 0.25) is 0 Å². The maximum atomic E-state index is 2.43. The molecule has 0 aliphatic heterocycles. The molecule has 2 aromatic carbocycles. The molecule has 32 heavy (non-hydrogen) atoms. The van der Waals surface area contributed by atoms with Crippen LogP contribution in [0, 0.1) is 6.92 Å². The van der Waals surface area contributed by atoms with Gasteiger partial charge in [0, 0.05) is 9.24 Å². The standard InChI is InChI=1S/C18H31P.C10H14.2HI.Os/c1-16(2,3)12-10-13(17(4,5)6)15(19)14(11-12)18(7,8)9;1-8(2)10-6-4-9(3)5-7-10;;;/h10-11H,19H2,1-9H3;4-8H,1-3H3;2*1H;/q;;;;+2/p-1. The Morgan fingerprint density at radius 2 is 1.06 bits per heavy atom. The van der Waals surface area contributed by atoms with E-state index in [9.17, 15) is 0 Å². The van der Waals surface area contributed by atoms with E-state index in [1.54, 1.807) is 0 Å². The van der Waals surface area contributed by atoms with Crippen molar-refractivity contribution < 1.29 is 10.3 Å². The second-order valence-corrected chi connectivity index (χ2v) is 31.2. The number of hydrogen-bond acceptors (Lipinski definition) is 0. The van der Waals surface area contributed by atoms with Crippen molar-refractivity contribution in [2.45, 2.75) is 105 Å². The summed E-state index contributed by atoms with van der Waals surface area (Å²) < 4.78 is 0. The zero-order valence-electron chi connectivity index (χ0n) is 22.4. The second-order valence-electron chi connectivity index (χ2n) is 11.9. The summed E-state index contributed by atoms with van der Waals surface area (Å²) in [6.45, 7) is 27.4. The molecule has 0 amide bonds. The number of hydrogen-bond donors (Lipinski definition) is 0. The molecule has 0 bridgehead atoms.